The van der Waals surface area contributed by atoms with E-state index in [-0.39, 0.29) is 35.8 Å². The lowest BCUT2D eigenvalue weighted by atomic mass is 10.3. The number of nitrogens with two attached hydrogens (primary N) is 1. The number of thiophene rings is 1. The van der Waals surface area contributed by atoms with Crippen molar-refractivity contribution in [1.29, 1.82) is 5.41 Å². The highest BCUT2D eigenvalue weighted by molar-refractivity contribution is 14.0. The van der Waals surface area contributed by atoms with Crippen molar-refractivity contribution in [2.45, 2.75) is 0 Å². The van der Waals surface area contributed by atoms with Gasteiger partial charge in [0.2, 0.25) is 0 Å². The Kier molecular flexibility index (Phi) is 5.19. The number of carbonyl (C=O) groups excluding carboxylic acids is 1. The molecule has 1 aromatic heterocycles. The molecule has 1 aliphatic rings. The third-order valence-electron chi connectivity index (χ3n) is 2.64. The Morgan fingerprint density at radius 1 is 1.29 bits per heavy atom. The summed E-state index contributed by atoms with van der Waals surface area (Å²) in [6, 6.07) is 3.72. The highest BCUT2D eigenvalue weighted by Crippen LogP contribution is 2.13. The molecule has 1 saturated heterocycles. The van der Waals surface area contributed by atoms with Gasteiger partial charge in [-0.05, 0) is 11.4 Å². The summed E-state index contributed by atoms with van der Waals surface area (Å²) in [5.74, 6) is 0.168. The maximum absolute atomic E-state index is 12.0. The first kappa shape index (κ1) is 14.2. The molecule has 2 heterocycles. The lowest BCUT2D eigenvalue weighted by Gasteiger charge is -2.34. The number of carbonyl (C=O) groups is 1. The van der Waals surface area contributed by atoms with E-state index in [1.165, 1.54) is 11.3 Å². The minimum atomic E-state index is 0. The van der Waals surface area contributed by atoms with Gasteiger partial charge in [-0.15, -0.1) is 35.3 Å². The molecule has 7 heteroatoms. The Bertz CT molecular complexity index is 387. The number of hydrogen-bond acceptors (Lipinski definition) is 3. The van der Waals surface area contributed by atoms with Crippen molar-refractivity contribution >= 4 is 47.2 Å². The van der Waals surface area contributed by atoms with Crippen LogP contribution in [0.2, 0.25) is 0 Å². The molecule has 1 aliphatic heterocycles. The first-order valence-electron chi connectivity index (χ1n) is 5.10. The predicted molar refractivity (Wildman–Crippen MR) is 79.1 cm³/mol. The van der Waals surface area contributed by atoms with Crippen LogP contribution in [0.1, 0.15) is 9.67 Å². The van der Waals surface area contributed by atoms with E-state index >= 15 is 0 Å². The zero-order valence-electron chi connectivity index (χ0n) is 9.26. The fourth-order valence-electron chi connectivity index (χ4n) is 1.71. The minimum Gasteiger partial charge on any atom is -0.370 e. The van der Waals surface area contributed by atoms with Crippen molar-refractivity contribution in [1.82, 2.24) is 9.80 Å². The summed E-state index contributed by atoms with van der Waals surface area (Å²) >= 11 is 1.46. The van der Waals surface area contributed by atoms with E-state index in [0.29, 0.717) is 26.2 Å². The molecule has 0 bridgehead atoms. The van der Waals surface area contributed by atoms with Crippen molar-refractivity contribution in [3.05, 3.63) is 22.4 Å². The fraction of sp³-hybridized carbons (Fsp3) is 0.400. The largest absolute Gasteiger partial charge is 0.370 e. The SMILES string of the molecule is I.N=C(N)N1CCN(C(=O)c2cccs2)CC1. The molecule has 5 nitrogen and oxygen atoms in total. The van der Waals surface area contributed by atoms with E-state index in [1.807, 2.05) is 22.4 Å². The zero-order chi connectivity index (χ0) is 11.5. The van der Waals surface area contributed by atoms with Crippen LogP contribution in [-0.4, -0.2) is 47.8 Å². The van der Waals surface area contributed by atoms with Crippen LogP contribution in [-0.2, 0) is 0 Å². The molecule has 1 fully saturated rings. The quantitative estimate of drug-likeness (QED) is 0.443. The smallest absolute Gasteiger partial charge is 0.264 e. The lowest BCUT2D eigenvalue weighted by molar-refractivity contribution is 0.0695. The monoisotopic (exact) mass is 366 g/mol. The van der Waals surface area contributed by atoms with Gasteiger partial charge < -0.3 is 15.5 Å². The third kappa shape index (κ3) is 3.32. The van der Waals surface area contributed by atoms with Crippen LogP contribution in [0.4, 0.5) is 0 Å². The number of halogens is 1. The highest BCUT2D eigenvalue weighted by Gasteiger charge is 2.22. The molecule has 3 N–H and O–H groups in total. The topological polar surface area (TPSA) is 73.4 Å². The fourth-order valence-corrected chi connectivity index (χ4v) is 2.40. The van der Waals surface area contributed by atoms with Gasteiger partial charge in [0.15, 0.2) is 5.96 Å². The van der Waals surface area contributed by atoms with E-state index in [4.69, 9.17) is 11.1 Å². The molecule has 94 valence electrons. The normalized spacial score (nSPS) is 15.3. The first-order chi connectivity index (χ1) is 7.68. The van der Waals surface area contributed by atoms with E-state index in [0.717, 1.165) is 4.88 Å². The number of amides is 1. The summed E-state index contributed by atoms with van der Waals surface area (Å²) in [6.45, 7) is 2.56. The maximum Gasteiger partial charge on any atom is 0.264 e. The van der Waals surface area contributed by atoms with Crippen LogP contribution in [0.5, 0.6) is 0 Å². The van der Waals surface area contributed by atoms with E-state index in [9.17, 15) is 4.79 Å². The lowest BCUT2D eigenvalue weighted by Crippen LogP contribution is -2.52. The Labute approximate surface area is 121 Å². The number of guanidine groups is 1. The second kappa shape index (κ2) is 6.20. The second-order valence-corrected chi connectivity index (χ2v) is 4.59. The van der Waals surface area contributed by atoms with Crippen LogP contribution < -0.4 is 5.73 Å². The van der Waals surface area contributed by atoms with Crippen LogP contribution in [0, 0.1) is 5.41 Å². The van der Waals surface area contributed by atoms with Gasteiger partial charge >= 0.3 is 0 Å². The third-order valence-corrected chi connectivity index (χ3v) is 3.50. The molecule has 0 aromatic carbocycles. The van der Waals surface area contributed by atoms with Crippen LogP contribution in [0.25, 0.3) is 0 Å². The van der Waals surface area contributed by atoms with E-state index < -0.39 is 0 Å². The van der Waals surface area contributed by atoms with Gasteiger partial charge in [-0.25, -0.2) is 0 Å². The van der Waals surface area contributed by atoms with Gasteiger partial charge in [0.1, 0.15) is 0 Å². The van der Waals surface area contributed by atoms with Gasteiger partial charge in [0.05, 0.1) is 4.88 Å². The predicted octanol–water partition coefficient (Wildman–Crippen LogP) is 1.02. The van der Waals surface area contributed by atoms with Gasteiger partial charge in [-0.2, -0.15) is 0 Å². The van der Waals surface area contributed by atoms with E-state index in [1.54, 1.807) is 4.90 Å². The first-order valence-corrected chi connectivity index (χ1v) is 5.98. The standard InChI is InChI=1S/C10H14N4OS.HI/c11-10(12)14-5-3-13(4-6-14)9(15)8-2-1-7-16-8;/h1-2,7H,3-6H2,(H3,11,12);1H. The Balaban J connectivity index is 0.00000144. The second-order valence-electron chi connectivity index (χ2n) is 3.64. The number of piperazine rings is 1. The van der Waals surface area contributed by atoms with Gasteiger partial charge in [0, 0.05) is 26.2 Å². The molecule has 0 spiro atoms. The molecule has 0 atom stereocenters. The molecule has 0 radical (unpaired) electrons. The molecule has 0 unspecified atom stereocenters. The number of nitrogens with one attached hydrogen (secondary N) is 1. The highest BCUT2D eigenvalue weighted by atomic mass is 127. The molecule has 2 rings (SSSR count). The Morgan fingerprint density at radius 2 is 1.88 bits per heavy atom. The molecule has 17 heavy (non-hydrogen) atoms. The molecule has 1 aromatic rings. The average molecular weight is 366 g/mol. The van der Waals surface area contributed by atoms with Crippen LogP contribution in [0.3, 0.4) is 0 Å². The van der Waals surface area contributed by atoms with Crippen molar-refractivity contribution in [2.24, 2.45) is 5.73 Å². The number of nitrogens with zero attached hydrogens (tertiary/aromatic N) is 2. The molecular weight excluding hydrogens is 351 g/mol. The summed E-state index contributed by atoms with van der Waals surface area (Å²) < 4.78 is 0. The van der Waals surface area contributed by atoms with Gasteiger partial charge in [-0.3, -0.25) is 10.2 Å². The summed E-state index contributed by atoms with van der Waals surface area (Å²) in [4.78, 5) is 16.3. The van der Waals surface area contributed by atoms with Crippen molar-refractivity contribution in [3.8, 4) is 0 Å². The minimum absolute atomic E-state index is 0. The Morgan fingerprint density at radius 3 is 2.35 bits per heavy atom. The summed E-state index contributed by atoms with van der Waals surface area (Å²) in [6.07, 6.45) is 0. The molecule has 1 amide bonds. The molecule has 0 aliphatic carbocycles. The van der Waals surface area contributed by atoms with Crippen LogP contribution >= 0.6 is 35.3 Å². The van der Waals surface area contributed by atoms with Gasteiger partial charge in [-0.1, -0.05) is 6.07 Å². The summed E-state index contributed by atoms with van der Waals surface area (Å²) in [5, 5.41) is 9.21. The van der Waals surface area contributed by atoms with Crippen molar-refractivity contribution in [3.63, 3.8) is 0 Å². The van der Waals surface area contributed by atoms with Crippen molar-refractivity contribution in [2.75, 3.05) is 26.2 Å². The van der Waals surface area contributed by atoms with Gasteiger partial charge in [0.25, 0.3) is 5.91 Å². The maximum atomic E-state index is 12.0. The zero-order valence-corrected chi connectivity index (χ0v) is 12.4. The molecule has 0 saturated carbocycles. The Hall–Kier alpha value is -0.830. The molecular formula is C10H15IN4OS. The van der Waals surface area contributed by atoms with Crippen molar-refractivity contribution < 1.29 is 4.79 Å². The number of rotatable bonds is 1. The summed E-state index contributed by atoms with van der Waals surface area (Å²) in [7, 11) is 0. The van der Waals surface area contributed by atoms with E-state index in [2.05, 4.69) is 0 Å². The summed E-state index contributed by atoms with van der Waals surface area (Å²) in [5.41, 5.74) is 5.39. The number of hydrogen-bond donors (Lipinski definition) is 2. The average Bonchev–Trinajstić information content (AvgIpc) is 2.81. The van der Waals surface area contributed by atoms with Crippen LogP contribution in [0.15, 0.2) is 17.5 Å².